The van der Waals surface area contributed by atoms with Gasteiger partial charge in [0, 0.05) is 39.5 Å². The molecule has 58 heavy (non-hydrogen) atoms. The van der Waals surface area contributed by atoms with E-state index in [9.17, 15) is 14.4 Å². The third kappa shape index (κ3) is 7.47. The highest BCUT2D eigenvalue weighted by Gasteiger charge is 2.52. The monoisotopic (exact) mass is 808 g/mol. The number of nitrogen functional groups attached to an aromatic ring is 1. The highest BCUT2D eigenvalue weighted by atomic mass is 32.2. The van der Waals surface area contributed by atoms with Crippen LogP contribution >= 0.6 is 23.3 Å². The molecule has 0 aliphatic carbocycles. The van der Waals surface area contributed by atoms with Crippen molar-refractivity contribution in [3.8, 4) is 0 Å². The molecule has 2 aliphatic heterocycles. The molecular weight excluding hydrogens is 773 g/mol. The van der Waals surface area contributed by atoms with Crippen LogP contribution < -0.4 is 11.5 Å². The first-order valence-corrected chi connectivity index (χ1v) is 20.1. The molecule has 14 heteroatoms. The van der Waals surface area contributed by atoms with E-state index in [4.69, 9.17) is 25.8 Å². The van der Waals surface area contributed by atoms with Gasteiger partial charge in [-0.3, -0.25) is 9.69 Å². The summed E-state index contributed by atoms with van der Waals surface area (Å²) in [6, 6.07) is 46.3. The predicted molar refractivity (Wildman–Crippen MR) is 221 cm³/mol. The fraction of sp³-hybridized carbons (Fsp3) is 0.136. The molecule has 1 saturated heterocycles. The Balaban J connectivity index is 1.15. The number of esters is 2. The van der Waals surface area contributed by atoms with Crippen molar-refractivity contribution in [3.63, 3.8) is 0 Å². The summed E-state index contributed by atoms with van der Waals surface area (Å²) in [6.45, 7) is -0.400. The van der Waals surface area contributed by atoms with Crippen LogP contribution in [0, 0.1) is 0 Å². The van der Waals surface area contributed by atoms with E-state index in [1.165, 1.54) is 16.7 Å². The van der Waals surface area contributed by atoms with E-state index >= 15 is 0 Å². The highest BCUT2D eigenvalue weighted by Crippen LogP contribution is 2.42. The lowest BCUT2D eigenvalue weighted by Gasteiger charge is -2.48. The average molecular weight is 809 g/mol. The van der Waals surface area contributed by atoms with Gasteiger partial charge >= 0.3 is 11.9 Å². The van der Waals surface area contributed by atoms with Crippen molar-refractivity contribution in [3.05, 3.63) is 197 Å². The first-order valence-electron chi connectivity index (χ1n) is 18.3. The van der Waals surface area contributed by atoms with Crippen molar-refractivity contribution in [2.45, 2.75) is 23.1 Å². The predicted octanol–water partition coefficient (Wildman–Crippen LogP) is 6.21. The van der Waals surface area contributed by atoms with Gasteiger partial charge in [-0.1, -0.05) is 157 Å². The molecule has 0 bridgehead atoms. The summed E-state index contributed by atoms with van der Waals surface area (Å²) in [5.74, 6) is -2.05. The van der Waals surface area contributed by atoms with E-state index in [0.29, 0.717) is 5.57 Å². The molecule has 6 aromatic rings. The highest BCUT2D eigenvalue weighted by molar-refractivity contribution is 8.00. The Morgan fingerprint density at radius 3 is 1.78 bits per heavy atom. The Morgan fingerprint density at radius 1 is 0.793 bits per heavy atom. The summed E-state index contributed by atoms with van der Waals surface area (Å²) in [4.78, 5) is 53.9. The number of fused-ring (bicyclic) bond motifs is 1. The number of hydrogen-bond donors (Lipinski definition) is 2. The van der Waals surface area contributed by atoms with E-state index in [-0.39, 0.29) is 28.1 Å². The molecule has 0 unspecified atom stereocenters. The van der Waals surface area contributed by atoms with Gasteiger partial charge in [0.2, 0.25) is 23.0 Å². The number of carbonyl (C=O) groups excluding carboxylic acids is 3. The van der Waals surface area contributed by atoms with Crippen molar-refractivity contribution < 1.29 is 28.7 Å². The Bertz CT molecular complexity index is 2330. The fourth-order valence-corrected chi connectivity index (χ4v) is 8.65. The molecule has 1 aromatic heterocycles. The minimum absolute atomic E-state index is 0.0258. The van der Waals surface area contributed by atoms with Gasteiger partial charge in [0.05, 0.1) is 0 Å². The lowest BCUT2D eigenvalue weighted by Crippen LogP contribution is -2.68. The molecule has 3 heterocycles. The molecule has 0 spiro atoms. The number of benzene rings is 5. The number of nitrogens with zero attached hydrogens (tertiary/aromatic N) is 4. The molecule has 2 aliphatic rings. The first-order chi connectivity index (χ1) is 28.3. The Morgan fingerprint density at radius 2 is 1.29 bits per heavy atom. The zero-order valence-corrected chi connectivity index (χ0v) is 32.4. The molecule has 2 atom stereocenters. The summed E-state index contributed by atoms with van der Waals surface area (Å²) in [6.07, 6.45) is -0.791. The smallest absolute Gasteiger partial charge is 0.364 e. The lowest BCUT2D eigenvalue weighted by molar-refractivity contribution is -0.153. The SMILES string of the molecule is Nc1nc(/C(=N/OC(c2ccccc2)(c2ccccc2)c2ccccc2)C(=O)OCC2=C(C(=O)OC(c3ccccc3)c3ccccc3)N3C(=O)[C@@H](N)[C@H]3SC2)ns1. The summed E-state index contributed by atoms with van der Waals surface area (Å²) in [5.41, 5.74) is 14.4. The van der Waals surface area contributed by atoms with Crippen molar-refractivity contribution in [2.24, 2.45) is 10.9 Å². The Kier molecular flexibility index (Phi) is 11.1. The van der Waals surface area contributed by atoms with Crippen molar-refractivity contribution in [1.29, 1.82) is 0 Å². The molecule has 12 nitrogen and oxygen atoms in total. The van der Waals surface area contributed by atoms with Crippen LogP contribution in [0.5, 0.6) is 0 Å². The number of amides is 1. The number of aromatic nitrogens is 2. The van der Waals surface area contributed by atoms with Crippen molar-refractivity contribution in [2.75, 3.05) is 18.1 Å². The van der Waals surface area contributed by atoms with Crippen molar-refractivity contribution >= 4 is 52.0 Å². The largest absolute Gasteiger partial charge is 0.456 e. The normalized spacial score (nSPS) is 16.7. The van der Waals surface area contributed by atoms with Gasteiger partial charge in [0.1, 0.15) is 23.7 Å². The number of thioether (sulfide) groups is 1. The number of nitrogens with two attached hydrogens (primary N) is 2. The molecular formula is C44H36N6O6S2. The quantitative estimate of drug-likeness (QED) is 0.0447. The van der Waals surface area contributed by atoms with E-state index in [1.54, 1.807) is 0 Å². The summed E-state index contributed by atoms with van der Waals surface area (Å²) >= 11 is 2.24. The molecule has 1 fully saturated rings. The van der Waals surface area contributed by atoms with Gasteiger partial charge in [-0.15, -0.1) is 11.8 Å². The fourth-order valence-electron chi connectivity index (χ4n) is 6.94. The van der Waals surface area contributed by atoms with Crippen LogP contribution in [-0.4, -0.2) is 61.6 Å². The second-order valence-electron chi connectivity index (χ2n) is 13.3. The average Bonchev–Trinajstić information content (AvgIpc) is 3.72. The number of hydrogen-bond acceptors (Lipinski definition) is 13. The van der Waals surface area contributed by atoms with Crippen molar-refractivity contribution in [1.82, 2.24) is 14.3 Å². The Labute approximate surface area is 342 Å². The van der Waals surface area contributed by atoms with E-state index in [2.05, 4.69) is 14.5 Å². The summed E-state index contributed by atoms with van der Waals surface area (Å²) in [7, 11) is 0. The van der Waals surface area contributed by atoms with Gasteiger partial charge in [-0.25, -0.2) is 9.59 Å². The molecule has 1 amide bonds. The number of anilines is 1. The van der Waals surface area contributed by atoms with Crippen LogP contribution in [0.15, 0.2) is 168 Å². The number of β-lactam (4-membered cyclic amide) rings is 1. The third-order valence-electron chi connectivity index (χ3n) is 9.75. The van der Waals surface area contributed by atoms with E-state index in [0.717, 1.165) is 39.3 Å². The number of oxime groups is 1. The molecule has 0 saturated carbocycles. The molecule has 0 radical (unpaired) electrons. The maximum Gasteiger partial charge on any atom is 0.364 e. The summed E-state index contributed by atoms with van der Waals surface area (Å²) in [5, 5.41) is 4.07. The van der Waals surface area contributed by atoms with Gasteiger partial charge in [0.15, 0.2) is 11.2 Å². The molecule has 290 valence electrons. The van der Waals surface area contributed by atoms with Crippen LogP contribution in [0.4, 0.5) is 5.13 Å². The standard InChI is InChI=1S/C44H36N6O6S2/c45-34-39(51)50-36(42(53)55-37(28-16-6-1-7-17-28)29-18-8-2-9-19-29)30(27-57-40(34)50)26-54-41(52)35(38-47-43(46)58-49-38)48-56-44(31-20-10-3-11-21-31,32-22-12-4-13-23-32)33-24-14-5-15-25-33/h1-25,34,37,40H,26-27,45H2,(H2,46,47,49)/b48-35-/t34-,40-/m1/s1. The zero-order chi connectivity index (χ0) is 40.1. The number of ether oxygens (including phenoxy) is 2. The van der Waals surface area contributed by atoms with E-state index in [1.807, 2.05) is 152 Å². The maximum atomic E-state index is 14.3. The first kappa shape index (κ1) is 38.3. The topological polar surface area (TPSA) is 172 Å². The van der Waals surface area contributed by atoms with Crippen LogP contribution in [0.3, 0.4) is 0 Å². The van der Waals surface area contributed by atoms with Crippen LogP contribution in [0.1, 0.15) is 39.7 Å². The third-order valence-corrected chi connectivity index (χ3v) is 11.7. The van der Waals surface area contributed by atoms with E-state index < -0.39 is 47.6 Å². The van der Waals surface area contributed by atoms with Gasteiger partial charge < -0.3 is 25.8 Å². The minimum atomic E-state index is -1.34. The van der Waals surface area contributed by atoms with Crippen LogP contribution in [0.25, 0.3) is 0 Å². The minimum Gasteiger partial charge on any atom is -0.456 e. The molecule has 4 N–H and O–H groups in total. The lowest BCUT2D eigenvalue weighted by atomic mass is 9.80. The molecule has 5 aromatic carbocycles. The van der Waals surface area contributed by atoms with Gasteiger partial charge in [0.25, 0.3) is 0 Å². The number of carbonyl (C=O) groups is 3. The number of rotatable bonds is 13. The van der Waals surface area contributed by atoms with Gasteiger partial charge in [-0.2, -0.15) is 9.36 Å². The van der Waals surface area contributed by atoms with Crippen LogP contribution in [-0.2, 0) is 34.3 Å². The second kappa shape index (κ2) is 16.9. The Hall–Kier alpha value is -6.61. The van der Waals surface area contributed by atoms with Crippen LogP contribution in [0.2, 0.25) is 0 Å². The van der Waals surface area contributed by atoms with Gasteiger partial charge in [-0.05, 0) is 11.1 Å². The maximum absolute atomic E-state index is 14.3. The zero-order valence-electron chi connectivity index (χ0n) is 30.8. The molecule has 8 rings (SSSR count). The second-order valence-corrected chi connectivity index (χ2v) is 15.2. The summed E-state index contributed by atoms with van der Waals surface area (Å²) < 4.78 is 16.4.